The number of hydrogen-bond acceptors (Lipinski definition) is 6. The van der Waals surface area contributed by atoms with Crippen molar-refractivity contribution in [2.45, 2.75) is 50.9 Å². The molecule has 0 aliphatic heterocycles. The van der Waals surface area contributed by atoms with E-state index in [1.807, 2.05) is 30.3 Å². The maximum absolute atomic E-state index is 12.4. The highest BCUT2D eigenvalue weighted by Gasteiger charge is 2.29. The van der Waals surface area contributed by atoms with Gasteiger partial charge < -0.3 is 27.2 Å². The van der Waals surface area contributed by atoms with Crippen molar-refractivity contribution in [3.63, 3.8) is 0 Å². The van der Waals surface area contributed by atoms with E-state index in [4.69, 9.17) is 11.5 Å². The van der Waals surface area contributed by atoms with Crippen LogP contribution in [-0.4, -0.2) is 53.5 Å². The zero-order chi connectivity index (χ0) is 19.7. The molecule has 0 saturated heterocycles. The lowest BCUT2D eigenvalue weighted by Crippen LogP contribution is -2.58. The van der Waals surface area contributed by atoms with Crippen LogP contribution in [-0.2, 0) is 20.8 Å². The molecule has 0 aliphatic rings. The number of nitrogens with two attached hydrogens (primary N) is 2. The number of aliphatic hydroxyl groups is 1. The van der Waals surface area contributed by atoms with E-state index < -0.39 is 36.0 Å². The first kappa shape index (κ1) is 21.8. The molecule has 0 fully saturated rings. The highest BCUT2D eigenvalue weighted by atomic mass is 16.3. The summed E-state index contributed by atoms with van der Waals surface area (Å²) >= 11 is 0. The quantitative estimate of drug-likeness (QED) is 0.354. The van der Waals surface area contributed by atoms with Gasteiger partial charge in [0.15, 0.2) is 5.78 Å². The molecule has 0 saturated carbocycles. The second-order valence-corrected chi connectivity index (χ2v) is 6.27. The van der Waals surface area contributed by atoms with Gasteiger partial charge in [0.05, 0.1) is 18.2 Å². The minimum Gasteiger partial charge on any atom is -0.391 e. The Morgan fingerprint density at radius 2 is 1.73 bits per heavy atom. The molecule has 26 heavy (non-hydrogen) atoms. The summed E-state index contributed by atoms with van der Waals surface area (Å²) in [7, 11) is 0. The van der Waals surface area contributed by atoms with Crippen molar-refractivity contribution in [3.8, 4) is 0 Å². The van der Waals surface area contributed by atoms with Crippen LogP contribution in [0.1, 0.15) is 25.8 Å². The second kappa shape index (κ2) is 10.6. The molecule has 8 nitrogen and oxygen atoms in total. The van der Waals surface area contributed by atoms with Gasteiger partial charge in [-0.1, -0.05) is 30.3 Å². The topological polar surface area (TPSA) is 148 Å². The molecule has 1 unspecified atom stereocenters. The van der Waals surface area contributed by atoms with Gasteiger partial charge in [0.2, 0.25) is 11.8 Å². The molecule has 0 radical (unpaired) electrons. The molecule has 144 valence electrons. The lowest BCUT2D eigenvalue weighted by molar-refractivity contribution is -0.134. The Kier molecular flexibility index (Phi) is 8.91. The van der Waals surface area contributed by atoms with E-state index in [2.05, 4.69) is 10.6 Å². The summed E-state index contributed by atoms with van der Waals surface area (Å²) in [5.74, 6) is -1.47. The zero-order valence-corrected chi connectivity index (χ0v) is 15.1. The molecule has 4 atom stereocenters. The number of aliphatic hydroxyl groups excluding tert-OH is 1. The van der Waals surface area contributed by atoms with Gasteiger partial charge in [-0.15, -0.1) is 0 Å². The molecule has 0 bridgehead atoms. The van der Waals surface area contributed by atoms with Gasteiger partial charge in [-0.25, -0.2) is 0 Å². The van der Waals surface area contributed by atoms with Crippen LogP contribution in [0, 0.1) is 0 Å². The number of benzene rings is 1. The van der Waals surface area contributed by atoms with Crippen LogP contribution in [0.3, 0.4) is 0 Å². The molecular weight excluding hydrogens is 336 g/mol. The molecule has 2 amide bonds. The monoisotopic (exact) mass is 364 g/mol. The number of rotatable bonds is 10. The highest BCUT2D eigenvalue weighted by Crippen LogP contribution is 2.03. The van der Waals surface area contributed by atoms with E-state index in [1.54, 1.807) is 0 Å². The van der Waals surface area contributed by atoms with Crippen molar-refractivity contribution in [2.75, 3.05) is 6.54 Å². The number of ketones is 1. The molecule has 0 spiro atoms. The molecule has 0 aromatic heterocycles. The lowest BCUT2D eigenvalue weighted by Gasteiger charge is -2.25. The van der Waals surface area contributed by atoms with E-state index >= 15 is 0 Å². The molecule has 0 aliphatic carbocycles. The number of carbonyl (C=O) groups is 3. The van der Waals surface area contributed by atoms with Gasteiger partial charge >= 0.3 is 0 Å². The van der Waals surface area contributed by atoms with E-state index in [1.165, 1.54) is 13.8 Å². The predicted octanol–water partition coefficient (Wildman–Crippen LogP) is -1.16. The Morgan fingerprint density at radius 1 is 1.12 bits per heavy atom. The highest BCUT2D eigenvalue weighted by molar-refractivity contribution is 5.93. The fraction of sp³-hybridized carbons (Fsp3) is 0.500. The minimum absolute atomic E-state index is 0.220. The predicted molar refractivity (Wildman–Crippen MR) is 98.0 cm³/mol. The molecule has 8 heteroatoms. The van der Waals surface area contributed by atoms with Crippen molar-refractivity contribution in [3.05, 3.63) is 35.9 Å². The van der Waals surface area contributed by atoms with Crippen molar-refractivity contribution in [1.29, 1.82) is 0 Å². The van der Waals surface area contributed by atoms with Crippen LogP contribution < -0.4 is 22.1 Å². The number of Topliss-reactive ketones (excluding diaryl/α,β-unsaturated/α-hetero) is 1. The van der Waals surface area contributed by atoms with Gasteiger partial charge in [-0.3, -0.25) is 14.4 Å². The van der Waals surface area contributed by atoms with E-state index in [0.29, 0.717) is 6.42 Å². The Bertz CT molecular complexity index is 606. The summed E-state index contributed by atoms with van der Waals surface area (Å²) in [6.07, 6.45) is -0.590. The van der Waals surface area contributed by atoms with Crippen molar-refractivity contribution >= 4 is 17.6 Å². The van der Waals surface area contributed by atoms with Crippen molar-refractivity contribution in [1.82, 2.24) is 10.6 Å². The summed E-state index contributed by atoms with van der Waals surface area (Å²) in [5.41, 5.74) is 12.2. The van der Waals surface area contributed by atoms with Crippen molar-refractivity contribution in [2.24, 2.45) is 11.5 Å². The third-order valence-corrected chi connectivity index (χ3v) is 3.96. The maximum atomic E-state index is 12.4. The van der Waals surface area contributed by atoms with Crippen LogP contribution in [0.2, 0.25) is 0 Å². The summed E-state index contributed by atoms with van der Waals surface area (Å²) < 4.78 is 0. The zero-order valence-electron chi connectivity index (χ0n) is 15.1. The van der Waals surface area contributed by atoms with Crippen molar-refractivity contribution < 1.29 is 19.5 Å². The molecule has 1 aromatic rings. The normalized spacial score (nSPS) is 15.4. The number of nitrogens with one attached hydrogen (secondary N) is 2. The largest absolute Gasteiger partial charge is 0.391 e. The first-order chi connectivity index (χ1) is 12.3. The average Bonchev–Trinajstić information content (AvgIpc) is 2.59. The van der Waals surface area contributed by atoms with Crippen LogP contribution in [0.5, 0.6) is 0 Å². The minimum atomic E-state index is -1.22. The molecule has 0 heterocycles. The second-order valence-electron chi connectivity index (χ2n) is 6.27. The number of hydrogen-bond donors (Lipinski definition) is 5. The van der Waals surface area contributed by atoms with Gasteiger partial charge in [0.25, 0.3) is 0 Å². The van der Waals surface area contributed by atoms with Gasteiger partial charge in [0, 0.05) is 0 Å². The molecule has 1 rings (SSSR count). The van der Waals surface area contributed by atoms with Crippen LogP contribution in [0.15, 0.2) is 30.3 Å². The van der Waals surface area contributed by atoms with E-state index in [-0.39, 0.29) is 18.7 Å². The first-order valence-corrected chi connectivity index (χ1v) is 8.55. The van der Waals surface area contributed by atoms with Crippen LogP contribution in [0.4, 0.5) is 0 Å². The number of carbonyl (C=O) groups excluding carboxylic acids is 3. The smallest absolute Gasteiger partial charge is 0.245 e. The Morgan fingerprint density at radius 3 is 2.23 bits per heavy atom. The van der Waals surface area contributed by atoms with Crippen LogP contribution >= 0.6 is 0 Å². The van der Waals surface area contributed by atoms with Gasteiger partial charge in [0.1, 0.15) is 6.04 Å². The average molecular weight is 364 g/mol. The molecule has 1 aromatic carbocycles. The fourth-order valence-electron chi connectivity index (χ4n) is 2.43. The SMILES string of the molecule is CC(=O)[C@H](CCN)NC(=O)[C@@H](NC(=O)[C@H](N)Cc1ccccc1)C(C)O. The van der Waals surface area contributed by atoms with E-state index in [0.717, 1.165) is 5.56 Å². The third kappa shape index (κ3) is 6.91. The summed E-state index contributed by atoms with van der Waals surface area (Å²) in [6, 6.07) is 6.37. The van der Waals surface area contributed by atoms with Gasteiger partial charge in [-0.05, 0) is 38.8 Å². The van der Waals surface area contributed by atoms with E-state index in [9.17, 15) is 19.5 Å². The third-order valence-electron chi connectivity index (χ3n) is 3.96. The Labute approximate surface area is 153 Å². The van der Waals surface area contributed by atoms with Gasteiger partial charge in [-0.2, -0.15) is 0 Å². The lowest BCUT2D eigenvalue weighted by atomic mass is 10.0. The Balaban J connectivity index is 2.72. The fourth-order valence-corrected chi connectivity index (χ4v) is 2.43. The number of amides is 2. The summed E-state index contributed by atoms with van der Waals surface area (Å²) in [5, 5.41) is 14.8. The standard InChI is InChI=1S/C18H28N4O4/c1-11(23)15(8-9-19)21-18(26)16(12(2)24)22-17(25)14(20)10-13-6-4-3-5-7-13/h3-7,12,14-16,24H,8-10,19-20H2,1-2H3,(H,21,26)(H,22,25)/t12?,14-,15+,16+/m1/s1. The molecular formula is C18H28N4O4. The molecule has 7 N–H and O–H groups in total. The Hall–Kier alpha value is -2.29. The van der Waals surface area contributed by atoms with Crippen LogP contribution in [0.25, 0.3) is 0 Å². The summed E-state index contributed by atoms with van der Waals surface area (Å²) in [6.45, 7) is 2.93. The maximum Gasteiger partial charge on any atom is 0.245 e. The summed E-state index contributed by atoms with van der Waals surface area (Å²) in [4.78, 5) is 36.2. The first-order valence-electron chi connectivity index (χ1n) is 8.55.